The zero-order chi connectivity index (χ0) is 9.26. The molecule has 0 radical (unpaired) electrons. The number of aliphatic hydroxyl groups is 1. The number of rotatable bonds is 4. The summed E-state index contributed by atoms with van der Waals surface area (Å²) in [6.45, 7) is 2.25. The van der Waals surface area contributed by atoms with E-state index in [1.807, 2.05) is 0 Å². The van der Waals surface area contributed by atoms with Crippen LogP contribution in [0.25, 0.3) is 0 Å². The fourth-order valence-electron chi connectivity index (χ4n) is 2.42. The molecule has 0 spiro atoms. The average Bonchev–Trinajstić information content (AvgIpc) is 2.79. The fourth-order valence-corrected chi connectivity index (χ4v) is 2.42. The molecule has 76 valence electrons. The van der Waals surface area contributed by atoms with E-state index in [2.05, 4.69) is 12.2 Å². The van der Waals surface area contributed by atoms with E-state index in [-0.39, 0.29) is 6.10 Å². The molecule has 2 rings (SSSR count). The second kappa shape index (κ2) is 3.97. The highest BCUT2D eigenvalue weighted by atomic mass is 16.3. The Morgan fingerprint density at radius 1 is 1.31 bits per heavy atom. The number of aliphatic hydroxyl groups excluding tert-OH is 1. The Morgan fingerprint density at radius 3 is 2.62 bits per heavy atom. The summed E-state index contributed by atoms with van der Waals surface area (Å²) >= 11 is 0. The normalized spacial score (nSPS) is 36.5. The highest BCUT2D eigenvalue weighted by Gasteiger charge is 2.28. The van der Waals surface area contributed by atoms with E-state index in [1.165, 1.54) is 25.7 Å². The summed E-state index contributed by atoms with van der Waals surface area (Å²) < 4.78 is 0. The van der Waals surface area contributed by atoms with Gasteiger partial charge in [0.05, 0.1) is 6.10 Å². The van der Waals surface area contributed by atoms with Crippen molar-refractivity contribution in [2.45, 2.75) is 63.6 Å². The Kier molecular flexibility index (Phi) is 2.89. The third kappa shape index (κ3) is 2.68. The van der Waals surface area contributed by atoms with E-state index in [0.29, 0.717) is 12.1 Å². The molecule has 0 saturated heterocycles. The monoisotopic (exact) mass is 183 g/mol. The van der Waals surface area contributed by atoms with Crippen LogP contribution < -0.4 is 5.32 Å². The maximum absolute atomic E-state index is 9.63. The first-order valence-corrected chi connectivity index (χ1v) is 5.70. The van der Waals surface area contributed by atoms with Crippen LogP contribution in [-0.4, -0.2) is 23.3 Å². The molecule has 1 unspecified atom stereocenters. The molecule has 13 heavy (non-hydrogen) atoms. The summed E-state index contributed by atoms with van der Waals surface area (Å²) in [5, 5.41) is 13.2. The van der Waals surface area contributed by atoms with E-state index < -0.39 is 0 Å². The standard InChI is InChI=1S/C11H21NO/c1-8(7-9-5-6-9)12-10-3-2-4-11(10)13/h8-13H,2-7H2,1H3/t8?,10-,11-/m1/s1. The van der Waals surface area contributed by atoms with E-state index in [0.717, 1.165) is 18.8 Å². The number of hydrogen-bond donors (Lipinski definition) is 2. The molecule has 0 aromatic rings. The van der Waals surface area contributed by atoms with Crippen LogP contribution in [0, 0.1) is 5.92 Å². The molecule has 0 amide bonds. The minimum atomic E-state index is -0.0818. The lowest BCUT2D eigenvalue weighted by molar-refractivity contribution is 0.142. The predicted octanol–water partition coefficient (Wildman–Crippen LogP) is 1.68. The van der Waals surface area contributed by atoms with Crippen molar-refractivity contribution >= 4 is 0 Å². The zero-order valence-electron chi connectivity index (χ0n) is 8.50. The molecular formula is C11H21NO. The first-order valence-electron chi connectivity index (χ1n) is 5.70. The summed E-state index contributed by atoms with van der Waals surface area (Å²) in [7, 11) is 0. The van der Waals surface area contributed by atoms with Gasteiger partial charge < -0.3 is 10.4 Å². The van der Waals surface area contributed by atoms with Crippen molar-refractivity contribution in [1.29, 1.82) is 0 Å². The second-order valence-electron chi connectivity index (χ2n) is 4.85. The van der Waals surface area contributed by atoms with Crippen molar-refractivity contribution in [2.75, 3.05) is 0 Å². The van der Waals surface area contributed by atoms with E-state index in [1.54, 1.807) is 0 Å². The summed E-state index contributed by atoms with van der Waals surface area (Å²) in [6, 6.07) is 0.985. The van der Waals surface area contributed by atoms with Crippen LogP contribution in [0.3, 0.4) is 0 Å². The van der Waals surface area contributed by atoms with E-state index in [9.17, 15) is 5.11 Å². The van der Waals surface area contributed by atoms with Gasteiger partial charge in [-0.1, -0.05) is 12.8 Å². The van der Waals surface area contributed by atoms with E-state index in [4.69, 9.17) is 0 Å². The van der Waals surface area contributed by atoms with Gasteiger partial charge in [0.25, 0.3) is 0 Å². The second-order valence-corrected chi connectivity index (χ2v) is 4.85. The molecule has 0 bridgehead atoms. The van der Waals surface area contributed by atoms with Gasteiger partial charge in [0.1, 0.15) is 0 Å². The van der Waals surface area contributed by atoms with Gasteiger partial charge in [-0.05, 0) is 38.5 Å². The molecule has 2 heteroatoms. The SMILES string of the molecule is CC(CC1CC1)N[C@@H]1CCC[C@H]1O. The first-order chi connectivity index (χ1) is 6.25. The van der Waals surface area contributed by atoms with Crippen molar-refractivity contribution in [1.82, 2.24) is 5.32 Å². The average molecular weight is 183 g/mol. The number of nitrogens with one attached hydrogen (secondary N) is 1. The fraction of sp³-hybridized carbons (Fsp3) is 1.00. The maximum atomic E-state index is 9.63. The van der Waals surface area contributed by atoms with Gasteiger partial charge >= 0.3 is 0 Å². The van der Waals surface area contributed by atoms with Crippen LogP contribution in [0.1, 0.15) is 45.4 Å². The molecule has 2 aliphatic rings. The van der Waals surface area contributed by atoms with Gasteiger partial charge in [-0.3, -0.25) is 0 Å². The molecule has 0 aliphatic heterocycles. The van der Waals surface area contributed by atoms with Crippen LogP contribution in [0.4, 0.5) is 0 Å². The zero-order valence-corrected chi connectivity index (χ0v) is 8.50. The Bertz CT molecular complexity index is 167. The van der Waals surface area contributed by atoms with Gasteiger partial charge in [0.2, 0.25) is 0 Å². The largest absolute Gasteiger partial charge is 0.392 e. The molecule has 2 fully saturated rings. The van der Waals surface area contributed by atoms with Crippen LogP contribution in [0.15, 0.2) is 0 Å². The minimum Gasteiger partial charge on any atom is -0.392 e. The Morgan fingerprint density at radius 2 is 2.08 bits per heavy atom. The lowest BCUT2D eigenvalue weighted by atomic mass is 10.1. The lowest BCUT2D eigenvalue weighted by Gasteiger charge is -2.21. The molecule has 2 nitrogen and oxygen atoms in total. The molecule has 3 atom stereocenters. The molecule has 2 aliphatic carbocycles. The summed E-state index contributed by atoms with van der Waals surface area (Å²) in [6.07, 6.45) is 7.43. The van der Waals surface area contributed by atoms with E-state index >= 15 is 0 Å². The van der Waals surface area contributed by atoms with Crippen molar-refractivity contribution in [3.05, 3.63) is 0 Å². The lowest BCUT2D eigenvalue weighted by Crippen LogP contribution is -2.41. The summed E-state index contributed by atoms with van der Waals surface area (Å²) in [5.74, 6) is 0.987. The highest BCUT2D eigenvalue weighted by molar-refractivity contribution is 4.86. The first kappa shape index (κ1) is 9.47. The molecule has 0 heterocycles. The molecule has 2 saturated carbocycles. The molecule has 2 N–H and O–H groups in total. The van der Waals surface area contributed by atoms with Crippen LogP contribution in [0.2, 0.25) is 0 Å². The van der Waals surface area contributed by atoms with Gasteiger partial charge in [0.15, 0.2) is 0 Å². The van der Waals surface area contributed by atoms with Crippen molar-refractivity contribution < 1.29 is 5.11 Å². The van der Waals surface area contributed by atoms with Crippen LogP contribution in [0.5, 0.6) is 0 Å². The minimum absolute atomic E-state index is 0.0818. The smallest absolute Gasteiger partial charge is 0.0693 e. The van der Waals surface area contributed by atoms with Crippen molar-refractivity contribution in [2.24, 2.45) is 5.92 Å². The van der Waals surface area contributed by atoms with Gasteiger partial charge in [-0.15, -0.1) is 0 Å². The number of hydrogen-bond acceptors (Lipinski definition) is 2. The maximum Gasteiger partial charge on any atom is 0.0693 e. The summed E-state index contributed by atoms with van der Waals surface area (Å²) in [4.78, 5) is 0. The highest BCUT2D eigenvalue weighted by Crippen LogP contribution is 2.33. The van der Waals surface area contributed by atoms with Crippen LogP contribution in [-0.2, 0) is 0 Å². The summed E-state index contributed by atoms with van der Waals surface area (Å²) in [5.41, 5.74) is 0. The van der Waals surface area contributed by atoms with Gasteiger partial charge in [0, 0.05) is 12.1 Å². The Hall–Kier alpha value is -0.0800. The Labute approximate surface area is 80.7 Å². The third-order valence-corrected chi connectivity index (χ3v) is 3.36. The van der Waals surface area contributed by atoms with Crippen molar-refractivity contribution in [3.63, 3.8) is 0 Å². The van der Waals surface area contributed by atoms with Gasteiger partial charge in [-0.25, -0.2) is 0 Å². The topological polar surface area (TPSA) is 32.3 Å². The Balaban J connectivity index is 1.69. The van der Waals surface area contributed by atoms with Crippen LogP contribution >= 0.6 is 0 Å². The van der Waals surface area contributed by atoms with Gasteiger partial charge in [-0.2, -0.15) is 0 Å². The van der Waals surface area contributed by atoms with Crippen molar-refractivity contribution in [3.8, 4) is 0 Å². The molecule has 0 aromatic carbocycles. The third-order valence-electron chi connectivity index (χ3n) is 3.36. The molecule has 0 aromatic heterocycles. The quantitative estimate of drug-likeness (QED) is 0.695. The predicted molar refractivity (Wildman–Crippen MR) is 53.6 cm³/mol. The molecular weight excluding hydrogens is 162 g/mol.